The monoisotopic (exact) mass is 897 g/mol. The molecule has 360 valence electrons. The van der Waals surface area contributed by atoms with Gasteiger partial charge in [-0.15, -0.1) is 0 Å². The first-order valence-electron chi connectivity index (χ1n) is 23.6. The Kier molecular flexibility index (Phi) is 13.0. The van der Waals surface area contributed by atoms with Crippen LogP contribution >= 0.6 is 0 Å². The van der Waals surface area contributed by atoms with Crippen molar-refractivity contribution in [1.82, 2.24) is 0 Å². The molecule has 16 nitrogen and oxygen atoms in total. The van der Waals surface area contributed by atoms with Gasteiger partial charge in [-0.25, -0.2) is 0 Å². The van der Waals surface area contributed by atoms with Gasteiger partial charge in [-0.1, -0.05) is 46.8 Å². The van der Waals surface area contributed by atoms with E-state index < -0.39 is 104 Å². The fraction of sp³-hybridized carbons (Fsp3) is 0.936. The van der Waals surface area contributed by atoms with Crippen molar-refractivity contribution in [3.05, 3.63) is 12.2 Å². The maximum Gasteiger partial charge on any atom is 0.314 e. The van der Waals surface area contributed by atoms with Crippen molar-refractivity contribution in [2.24, 2.45) is 56.7 Å². The van der Waals surface area contributed by atoms with Crippen LogP contribution in [0.1, 0.15) is 113 Å². The van der Waals surface area contributed by atoms with E-state index in [9.17, 15) is 50.8 Å². The maximum absolute atomic E-state index is 14.7. The third-order valence-corrected chi connectivity index (χ3v) is 19.3. The van der Waals surface area contributed by atoms with E-state index in [4.69, 9.17) is 28.4 Å². The summed E-state index contributed by atoms with van der Waals surface area (Å²) in [5.74, 6) is 0.399. The Morgan fingerprint density at radius 3 is 2.05 bits per heavy atom. The number of hydrogen-bond acceptors (Lipinski definition) is 16. The molecule has 0 aromatic carbocycles. The number of aliphatic hydroxyl groups is 9. The van der Waals surface area contributed by atoms with Gasteiger partial charge in [-0.05, 0) is 129 Å². The molecule has 0 amide bonds. The van der Waals surface area contributed by atoms with Crippen LogP contribution in [0.5, 0.6) is 0 Å². The average Bonchev–Trinajstić information content (AvgIpc) is 3.64. The van der Waals surface area contributed by atoms with Crippen molar-refractivity contribution >= 4 is 5.97 Å². The summed E-state index contributed by atoms with van der Waals surface area (Å²) in [4.78, 5) is 14.7. The van der Waals surface area contributed by atoms with Crippen LogP contribution < -0.4 is 0 Å². The minimum atomic E-state index is -1.67. The molecule has 24 atom stereocenters. The van der Waals surface area contributed by atoms with E-state index in [0.29, 0.717) is 25.2 Å². The van der Waals surface area contributed by atoms with Crippen LogP contribution in [0.4, 0.5) is 0 Å². The summed E-state index contributed by atoms with van der Waals surface area (Å²) >= 11 is 0. The fourth-order valence-electron chi connectivity index (χ4n) is 15.6. The van der Waals surface area contributed by atoms with Crippen molar-refractivity contribution in [3.63, 3.8) is 0 Å². The fourth-order valence-corrected chi connectivity index (χ4v) is 15.6. The normalized spacial score (nSPS) is 55.4. The summed E-state index contributed by atoms with van der Waals surface area (Å²) in [5.41, 5.74) is -0.412. The van der Waals surface area contributed by atoms with Gasteiger partial charge in [-0.3, -0.25) is 4.79 Å². The number of rotatable bonds is 8. The maximum atomic E-state index is 14.7. The molecular formula is C47H76O16. The molecule has 8 rings (SSSR count). The lowest BCUT2D eigenvalue weighted by Crippen LogP contribution is -2.68. The number of carbonyl (C=O) groups excluding carboxylic acids is 1. The van der Waals surface area contributed by atoms with E-state index in [0.717, 1.165) is 50.5 Å². The van der Waals surface area contributed by atoms with Crippen LogP contribution in [0.25, 0.3) is 0 Å². The number of ether oxygens (including phenoxy) is 6. The number of fused-ring (bicyclic) bond motifs is 7. The van der Waals surface area contributed by atoms with E-state index in [-0.39, 0.29) is 58.0 Å². The minimum absolute atomic E-state index is 0.0498. The number of hydrogen-bond donors (Lipinski definition) is 9. The second-order valence-electron chi connectivity index (χ2n) is 22.5. The number of esters is 1. The van der Waals surface area contributed by atoms with E-state index >= 15 is 0 Å². The number of carbonyl (C=O) groups is 1. The Morgan fingerprint density at radius 2 is 1.37 bits per heavy atom. The first kappa shape index (κ1) is 48.1. The van der Waals surface area contributed by atoms with Gasteiger partial charge in [0.05, 0.1) is 30.8 Å². The summed E-state index contributed by atoms with van der Waals surface area (Å²) < 4.78 is 36.2. The molecule has 9 N–H and O–H groups in total. The average molecular weight is 897 g/mol. The van der Waals surface area contributed by atoms with Gasteiger partial charge in [0.1, 0.15) is 61.0 Å². The van der Waals surface area contributed by atoms with Crippen molar-refractivity contribution in [1.29, 1.82) is 0 Å². The van der Waals surface area contributed by atoms with Crippen LogP contribution in [0.3, 0.4) is 0 Å². The lowest BCUT2D eigenvalue weighted by atomic mass is 9.32. The first-order chi connectivity index (χ1) is 29.5. The predicted octanol–water partition coefficient (Wildman–Crippen LogP) is 1.66. The lowest BCUT2D eigenvalue weighted by molar-refractivity contribution is -0.365. The molecule has 0 aromatic rings. The Bertz CT molecular complexity index is 1700. The summed E-state index contributed by atoms with van der Waals surface area (Å²) in [7, 11) is 0. The Morgan fingerprint density at radius 1 is 0.683 bits per heavy atom. The van der Waals surface area contributed by atoms with Crippen LogP contribution in [0.2, 0.25) is 0 Å². The zero-order valence-corrected chi connectivity index (χ0v) is 38.1. The highest BCUT2D eigenvalue weighted by Crippen LogP contribution is 2.78. The Hall–Kier alpha value is -1.35. The second-order valence-corrected chi connectivity index (χ2v) is 22.5. The van der Waals surface area contributed by atoms with Crippen LogP contribution in [-0.2, 0) is 33.2 Å². The third kappa shape index (κ3) is 7.33. The van der Waals surface area contributed by atoms with Crippen molar-refractivity contribution in [2.45, 2.75) is 205 Å². The summed E-state index contributed by atoms with van der Waals surface area (Å²) in [6.45, 7) is 19.1. The molecule has 0 bridgehead atoms. The molecule has 0 radical (unpaired) electrons. The zero-order chi connectivity index (χ0) is 45.9. The highest BCUT2D eigenvalue weighted by atomic mass is 16.8. The summed E-state index contributed by atoms with van der Waals surface area (Å²) in [6, 6.07) is 0. The lowest BCUT2D eigenvalue weighted by Gasteiger charge is -2.73. The largest absolute Gasteiger partial charge is 0.432 e. The van der Waals surface area contributed by atoms with Gasteiger partial charge in [0.2, 0.25) is 6.29 Å². The van der Waals surface area contributed by atoms with Crippen molar-refractivity contribution in [3.8, 4) is 0 Å². The van der Waals surface area contributed by atoms with Gasteiger partial charge in [0.15, 0.2) is 12.6 Å². The van der Waals surface area contributed by atoms with E-state index in [2.05, 4.69) is 48.1 Å². The highest BCUT2D eigenvalue weighted by molar-refractivity contribution is 5.78. The third-order valence-electron chi connectivity index (χ3n) is 19.3. The van der Waals surface area contributed by atoms with Gasteiger partial charge >= 0.3 is 5.97 Å². The smallest absolute Gasteiger partial charge is 0.314 e. The quantitative estimate of drug-likeness (QED) is 0.0955. The molecule has 3 aliphatic heterocycles. The van der Waals surface area contributed by atoms with Crippen molar-refractivity contribution < 1.29 is 79.2 Å². The Labute approximate surface area is 371 Å². The highest BCUT2D eigenvalue weighted by Gasteiger charge is 2.73. The van der Waals surface area contributed by atoms with E-state index in [1.807, 2.05) is 0 Å². The van der Waals surface area contributed by atoms with Crippen LogP contribution in [-0.4, -0.2) is 157 Å². The molecule has 0 aromatic heterocycles. The van der Waals surface area contributed by atoms with Gasteiger partial charge in [0.25, 0.3) is 0 Å². The second kappa shape index (κ2) is 17.0. The summed E-state index contributed by atoms with van der Waals surface area (Å²) in [5, 5.41) is 94.8. The molecule has 3 saturated heterocycles. The predicted molar refractivity (Wildman–Crippen MR) is 223 cm³/mol. The Balaban J connectivity index is 1.01. The van der Waals surface area contributed by atoms with Gasteiger partial charge in [-0.2, -0.15) is 0 Å². The molecule has 8 aliphatic rings. The van der Waals surface area contributed by atoms with Gasteiger partial charge < -0.3 is 74.4 Å². The molecule has 5 saturated carbocycles. The topological polar surface area (TPSA) is 255 Å². The molecule has 63 heavy (non-hydrogen) atoms. The first-order valence-corrected chi connectivity index (χ1v) is 23.6. The molecule has 16 heteroatoms. The molecule has 8 fully saturated rings. The summed E-state index contributed by atoms with van der Waals surface area (Å²) in [6.07, 6.45) is -11.5. The van der Waals surface area contributed by atoms with Gasteiger partial charge in [0, 0.05) is 0 Å². The minimum Gasteiger partial charge on any atom is -0.432 e. The molecule has 0 spiro atoms. The molecular weight excluding hydrogens is 821 g/mol. The zero-order valence-electron chi connectivity index (χ0n) is 38.1. The molecule has 3 heterocycles. The molecule has 0 unspecified atom stereocenters. The standard InChI is InChI=1S/C47H76O16/c1-21(2)23-11-16-47(42(57)63-40-37(56)35(54)33(52)26(19-48)60-40)18-17-45(7)24(30(23)47)9-10-28-44(6)14-13-29(43(4,5)27(44)12-15-46(28,45)8)61-41-38(32(51)25(49)20-58-41)62-39-36(55)34(53)31(50)22(3)59-39/h22-41,48-56H,1,9-20H2,2-8H3/t22-,23-,24+,25-,26+,27-,28+,29-,30+,31-,32-,33+,34+,35-,36+,37+,38+,39-,40-,41-,44-,45+,46+,47-/m0/s1. The van der Waals surface area contributed by atoms with Crippen LogP contribution in [0.15, 0.2) is 12.2 Å². The SMILES string of the molecule is C=C(C)[C@@H]1CC[C@]2(C(=O)O[C@@H]3O[C@H](CO)[C@@H](O)[C@H](O)[C@H]3O)CC[C@]3(C)[C@H](CC[C@@H]4[C@@]5(C)CC[C@H](O[C@@H]6OC[C@H](O)[C@H](O)[C@H]6O[C@@H]6O[C@@H](C)[C@H](O)[C@@H](O)[C@H]6O)C(C)(C)[C@@H]5CC[C@]43C)[C@@H]12. The van der Waals surface area contributed by atoms with E-state index in [1.54, 1.807) is 6.92 Å². The van der Waals surface area contributed by atoms with E-state index in [1.165, 1.54) is 0 Å². The van der Waals surface area contributed by atoms with Crippen LogP contribution in [0, 0.1) is 56.7 Å². The number of aliphatic hydroxyl groups excluding tert-OH is 9. The number of allylic oxidation sites excluding steroid dienone is 1. The molecule has 5 aliphatic carbocycles. The van der Waals surface area contributed by atoms with Crippen molar-refractivity contribution in [2.75, 3.05) is 13.2 Å².